The Hall–Kier alpha value is -15.2. The average Bonchev–Trinajstić information content (AvgIpc) is 1.61. The van der Waals surface area contributed by atoms with Crippen molar-refractivity contribution >= 4 is 136 Å². The zero-order valence-electron chi connectivity index (χ0n) is 83.6. The van der Waals surface area contributed by atoms with Crippen LogP contribution < -0.4 is 0 Å². The number of benzene rings is 2. The molecule has 16 aromatic heterocycles. The molecule has 0 N–H and O–H groups in total. The summed E-state index contributed by atoms with van der Waals surface area (Å²) in [6.45, 7) is 22.8. The number of rotatable bonds is 12. The number of amides is 6. The topological polar surface area (TPSA) is 311 Å². The minimum Gasteiger partial charge on any atom is -0.339 e. The molecule has 24 rings (SSSR count). The van der Waals surface area contributed by atoms with Gasteiger partial charge in [-0.05, 0) is 243 Å². The van der Waals surface area contributed by atoms with E-state index in [1.807, 2.05) is 238 Å². The van der Waals surface area contributed by atoms with Crippen molar-refractivity contribution in [1.29, 1.82) is 0 Å². The molecule has 6 aliphatic heterocycles. The van der Waals surface area contributed by atoms with Gasteiger partial charge in [-0.3, -0.25) is 76.2 Å². The lowest BCUT2D eigenvalue weighted by atomic mass is 9.99. The minimum atomic E-state index is 0.0189. The molecule has 0 spiro atoms. The van der Waals surface area contributed by atoms with Crippen LogP contribution in [0.3, 0.4) is 0 Å². The van der Waals surface area contributed by atoms with Crippen LogP contribution in [0.4, 0.5) is 0 Å². The fraction of sp³-hybridized carbons (Fsp3) is 0.327. The van der Waals surface area contributed by atoms with E-state index in [1.165, 1.54) is 12.8 Å². The summed E-state index contributed by atoms with van der Waals surface area (Å²) in [5.74, 6) is 4.62. The van der Waals surface area contributed by atoms with E-state index in [0.717, 1.165) is 250 Å². The molecular weight excluding hydrogens is 1910 g/mol. The molecule has 0 radical (unpaired) electrons. The molecule has 0 unspecified atom stereocenters. The molecule has 6 saturated heterocycles. The van der Waals surface area contributed by atoms with Crippen molar-refractivity contribution in [2.45, 2.75) is 131 Å². The van der Waals surface area contributed by atoms with Gasteiger partial charge in [0.25, 0.3) is 35.4 Å². The second kappa shape index (κ2) is 45.6. The summed E-state index contributed by atoms with van der Waals surface area (Å²) in [6.07, 6.45) is 52.6. The van der Waals surface area contributed by atoms with Gasteiger partial charge < -0.3 is 34.0 Å². The zero-order chi connectivity index (χ0) is 102. The van der Waals surface area contributed by atoms with E-state index in [9.17, 15) is 28.8 Å². The summed E-state index contributed by atoms with van der Waals surface area (Å²) in [5, 5.41) is 11.5. The van der Waals surface area contributed by atoms with Gasteiger partial charge in [-0.25, -0.2) is 34.9 Å². The van der Waals surface area contributed by atoms with Crippen LogP contribution in [-0.2, 0) is 7.05 Å². The van der Waals surface area contributed by atoms with E-state index >= 15 is 0 Å². The third kappa shape index (κ3) is 23.2. The Morgan fingerprint density at radius 1 is 0.299 bits per heavy atom. The van der Waals surface area contributed by atoms with Gasteiger partial charge in [-0.15, -0.1) is 0 Å². The predicted octanol–water partition coefficient (Wildman–Crippen LogP) is 21.2. The lowest BCUT2D eigenvalue weighted by Crippen LogP contribution is -2.37. The van der Waals surface area contributed by atoms with E-state index in [1.54, 1.807) is 96.0 Å². The maximum atomic E-state index is 12.8. The fourth-order valence-corrected chi connectivity index (χ4v) is 20.3. The number of carbonyl (C=O) groups excluding carboxylic acids is 6. The monoisotopic (exact) mass is 2030 g/mol. The average molecular weight is 2030 g/mol. The summed E-state index contributed by atoms with van der Waals surface area (Å²) in [5.41, 5.74) is 14.5. The van der Waals surface area contributed by atoms with Crippen molar-refractivity contribution in [3.63, 3.8) is 0 Å². The highest BCUT2D eigenvalue weighted by atomic mass is 35.5. The van der Waals surface area contributed by atoms with Crippen LogP contribution in [0, 0.1) is 37.5 Å². The number of pyridine rings is 7. The first-order chi connectivity index (χ1) is 71.4. The number of hydrogen-bond acceptors (Lipinski definition) is 18. The number of nitrogens with zero attached hydrogens (tertiary/aromatic N) is 25. The predicted molar refractivity (Wildman–Crippen MR) is 573 cm³/mol. The molecule has 147 heavy (non-hydrogen) atoms. The number of carbonyl (C=O) groups is 6. The van der Waals surface area contributed by atoms with E-state index in [4.69, 9.17) is 34.8 Å². The van der Waals surface area contributed by atoms with Crippen molar-refractivity contribution in [1.82, 2.24) is 121 Å². The molecule has 6 aliphatic rings. The smallest absolute Gasteiger partial charge is 0.255 e. The Morgan fingerprint density at radius 3 is 1.16 bits per heavy atom. The molecule has 0 bridgehead atoms. The van der Waals surface area contributed by atoms with E-state index in [-0.39, 0.29) is 35.4 Å². The minimum absolute atomic E-state index is 0.0189. The van der Waals surface area contributed by atoms with Crippen molar-refractivity contribution < 1.29 is 28.8 Å². The van der Waals surface area contributed by atoms with Crippen LogP contribution in [-0.4, -0.2) is 235 Å². The van der Waals surface area contributed by atoms with Crippen molar-refractivity contribution in [3.05, 3.63) is 311 Å². The van der Waals surface area contributed by atoms with Gasteiger partial charge in [0.15, 0.2) is 11.6 Å². The summed E-state index contributed by atoms with van der Waals surface area (Å²) < 4.78 is 13.4. The van der Waals surface area contributed by atoms with Crippen LogP contribution in [0.5, 0.6) is 0 Å². The highest BCUT2D eigenvalue weighted by molar-refractivity contribution is 6.36. The van der Waals surface area contributed by atoms with Gasteiger partial charge in [-0.2, -0.15) is 5.10 Å². The summed E-state index contributed by atoms with van der Waals surface area (Å²) in [4.78, 5) is 136. The van der Waals surface area contributed by atoms with E-state index < -0.39 is 0 Å². The molecule has 22 heterocycles. The number of hydrogen-bond donors (Lipinski definition) is 0. The Bertz CT molecular complexity index is 7610. The van der Waals surface area contributed by atoms with Gasteiger partial charge in [0.1, 0.15) is 28.2 Å². The molecular formula is C113H118Cl3N25O6. The number of likely N-dealkylation sites (tertiary alicyclic amines) is 6. The maximum Gasteiger partial charge on any atom is 0.255 e. The first kappa shape index (κ1) is 100. The summed E-state index contributed by atoms with van der Waals surface area (Å²) in [6, 6.07) is 38.7. The normalized spacial score (nSPS) is 15.5. The SMILES string of the molecule is CC1CCN(C(=O)c2cnc3c(ccn3-c3cccnc3)c2)CC1.CC1CCN(C(=O)c2cnc3c(ccn3-c3cnccn3)c2)CC1.Cc1ccc(-n2ccc3cc(C(=O)N4CCC(C)CC4)cnc32)cn1.Cc1cncc(-n2cc(Cl)c3cc(C(=O)N4CCC(C)CC4)cnc32)n1.Cn1cc(-n2ccc3cc(C(=O)N4CCCCC4)cnc32)cn1.O=C(c1ccc2c(c1)c(Cl)cn2-c1cccc(Cl)c1)N1CCCCC1. The molecule has 2 aromatic carbocycles. The number of fused-ring (bicyclic) bond motifs is 6. The number of aromatic nitrogens is 19. The highest BCUT2D eigenvalue weighted by Crippen LogP contribution is 2.35. The van der Waals surface area contributed by atoms with Crippen LogP contribution in [0.25, 0.3) is 100 Å². The number of aryl methyl sites for hydroxylation is 3. The summed E-state index contributed by atoms with van der Waals surface area (Å²) in [7, 11) is 1.89. The fourth-order valence-electron chi connectivity index (χ4n) is 19.6. The zero-order valence-corrected chi connectivity index (χ0v) is 85.9. The molecule has 18 aromatic rings. The molecule has 0 aliphatic carbocycles. The highest BCUT2D eigenvalue weighted by Gasteiger charge is 2.30. The molecule has 6 fully saturated rings. The quantitative estimate of drug-likeness (QED) is 0.110. The van der Waals surface area contributed by atoms with Gasteiger partial charge in [0.2, 0.25) is 0 Å². The van der Waals surface area contributed by atoms with Gasteiger partial charge >= 0.3 is 0 Å². The lowest BCUT2D eigenvalue weighted by molar-refractivity contribution is 0.0689. The molecule has 6 amide bonds. The Balaban J connectivity index is 0.000000111. The number of piperidine rings is 6. The molecule has 752 valence electrons. The Labute approximate surface area is 867 Å². The van der Waals surface area contributed by atoms with Crippen molar-refractivity contribution in [2.75, 3.05) is 78.5 Å². The maximum absolute atomic E-state index is 12.8. The second-order valence-electron chi connectivity index (χ2n) is 39.2. The molecule has 31 nitrogen and oxygen atoms in total. The third-order valence-corrected chi connectivity index (χ3v) is 29.3. The number of halogens is 3. The van der Waals surface area contributed by atoms with Gasteiger partial charge in [-0.1, -0.05) is 68.6 Å². The molecule has 34 heteroatoms. The molecule has 0 saturated carbocycles. The Morgan fingerprint density at radius 2 is 0.714 bits per heavy atom. The third-order valence-electron chi connectivity index (χ3n) is 28.4. The standard InChI is InChI=1S/C20H18Cl2N2O.C20H22N4O.C19H20ClN5O.C19H20N4O.C18H19N5O.C17H19N5O/c21-15-5-4-6-16(12-15)24-13-18(22)17-11-14(7-8-19(17)24)20(25)23-9-2-1-3-10-23;1-14-5-8-23(9-6-14)20(25)17-11-16-7-10-24(19(16)22-12-17)18-4-3-15(2)21-13-18;1-12-3-5-24(6-4-12)19(26)14-7-15-16(20)11-25(18(15)22-9-14)17-10-21-8-13(2)23-17;1-14-4-8-22(9-5-14)19(24)16-11-15-6-10-23(18(15)21-12-16)17-3-2-7-20-13-17;1-13-2-7-22(8-3-13)18(24)15-10-14-4-9-23(17(14)21-11-15)16-12-19-5-6-20-16;1-20-12-15(11-19-20)22-8-5-13-9-14(10-18-16(13)22)17(23)21-6-3-2-4-7-21/h4-8,11-13H,1-3,9-10H2;3-4,7,10-14H,5-6,8-9H2,1-2H3;7-12H,3-6H2,1-2H3;2-3,6-7,10-14H,4-5,8-9H2,1H3;4-6,9-13H,2-3,7-8H2,1H3;5,8-12H,2-4,6-7H2,1H3. The van der Waals surface area contributed by atoms with Crippen LogP contribution in [0.15, 0.2) is 251 Å². The first-order valence-electron chi connectivity index (χ1n) is 50.7. The van der Waals surface area contributed by atoms with Crippen LogP contribution >= 0.6 is 34.8 Å². The molecule has 0 atom stereocenters. The van der Waals surface area contributed by atoms with Crippen molar-refractivity contribution in [3.8, 4) is 34.4 Å². The largest absolute Gasteiger partial charge is 0.339 e. The van der Waals surface area contributed by atoms with Crippen LogP contribution in [0.2, 0.25) is 15.1 Å². The first-order valence-corrected chi connectivity index (χ1v) is 51.8. The van der Waals surface area contributed by atoms with E-state index in [0.29, 0.717) is 89.4 Å². The lowest BCUT2D eigenvalue weighted by Gasteiger charge is -2.30. The van der Waals surface area contributed by atoms with Crippen molar-refractivity contribution in [2.24, 2.45) is 30.7 Å². The Kier molecular flexibility index (Phi) is 31.2. The van der Waals surface area contributed by atoms with Gasteiger partial charge in [0.05, 0.1) is 97.1 Å². The van der Waals surface area contributed by atoms with Gasteiger partial charge in [0, 0.05) is 239 Å². The summed E-state index contributed by atoms with van der Waals surface area (Å²) >= 11 is 19.0. The van der Waals surface area contributed by atoms with Crippen LogP contribution in [0.1, 0.15) is 191 Å². The second-order valence-corrected chi connectivity index (χ2v) is 40.5. The van der Waals surface area contributed by atoms with E-state index in [2.05, 4.69) is 87.6 Å².